The van der Waals surface area contributed by atoms with Crippen molar-refractivity contribution < 1.29 is 18.8 Å². The van der Waals surface area contributed by atoms with Gasteiger partial charge >= 0.3 is 5.69 Å². The highest BCUT2D eigenvalue weighted by Gasteiger charge is 2.16. The van der Waals surface area contributed by atoms with E-state index in [2.05, 4.69) is 4.90 Å². The summed E-state index contributed by atoms with van der Waals surface area (Å²) in [4.78, 5) is 12.3. The minimum atomic E-state index is -0.580. The van der Waals surface area contributed by atoms with Crippen LogP contribution in [0.25, 0.3) is 0 Å². The third-order valence-corrected chi connectivity index (χ3v) is 2.89. The third-order valence-electron chi connectivity index (χ3n) is 2.89. The van der Waals surface area contributed by atoms with Crippen LogP contribution in [0.5, 0.6) is 5.75 Å². The summed E-state index contributed by atoms with van der Waals surface area (Å²) >= 11 is 0. The Morgan fingerprint density at radius 1 is 1.42 bits per heavy atom. The normalized spacial score (nSPS) is 16.3. The average Bonchev–Trinajstić information content (AvgIpc) is 2.39. The van der Waals surface area contributed by atoms with Crippen molar-refractivity contribution >= 4 is 5.69 Å². The molecule has 6 nitrogen and oxygen atoms in total. The van der Waals surface area contributed by atoms with E-state index in [-0.39, 0.29) is 18.0 Å². The van der Waals surface area contributed by atoms with Gasteiger partial charge in [-0.15, -0.1) is 0 Å². The van der Waals surface area contributed by atoms with E-state index in [0.717, 1.165) is 31.3 Å². The molecule has 1 aliphatic rings. The molecule has 0 bridgehead atoms. The number of ether oxygens (including phenoxy) is 2. The van der Waals surface area contributed by atoms with Crippen molar-refractivity contribution in [3.63, 3.8) is 0 Å². The maximum atomic E-state index is 13.1. The number of nitrogens with zero attached hydrogens (tertiary/aromatic N) is 2. The maximum absolute atomic E-state index is 13.1. The SMILES string of the molecule is O=[N+]([O-])c1ccc(F)cc1OCCN1CCOCC1. The van der Waals surface area contributed by atoms with Gasteiger partial charge in [-0.05, 0) is 6.07 Å². The summed E-state index contributed by atoms with van der Waals surface area (Å²) in [5.41, 5.74) is -0.219. The molecule has 1 aromatic carbocycles. The van der Waals surface area contributed by atoms with Crippen LogP contribution >= 0.6 is 0 Å². The zero-order valence-electron chi connectivity index (χ0n) is 10.4. The van der Waals surface area contributed by atoms with Gasteiger partial charge in [0.05, 0.1) is 18.1 Å². The Labute approximate surface area is 109 Å². The van der Waals surface area contributed by atoms with Crippen molar-refractivity contribution in [3.8, 4) is 5.75 Å². The first-order chi connectivity index (χ1) is 9.16. The second-order valence-corrected chi connectivity index (χ2v) is 4.17. The Morgan fingerprint density at radius 2 is 2.16 bits per heavy atom. The zero-order chi connectivity index (χ0) is 13.7. The molecule has 1 heterocycles. The second-order valence-electron chi connectivity index (χ2n) is 4.17. The molecular weight excluding hydrogens is 255 g/mol. The van der Waals surface area contributed by atoms with Crippen LogP contribution in [-0.4, -0.2) is 49.3 Å². The minimum Gasteiger partial charge on any atom is -0.485 e. The molecule has 0 unspecified atom stereocenters. The summed E-state index contributed by atoms with van der Waals surface area (Å²) in [5.74, 6) is -0.578. The van der Waals surface area contributed by atoms with Crippen molar-refractivity contribution in [2.24, 2.45) is 0 Å². The quantitative estimate of drug-likeness (QED) is 0.598. The van der Waals surface area contributed by atoms with Crippen LogP contribution in [0, 0.1) is 15.9 Å². The van der Waals surface area contributed by atoms with Crippen LogP contribution in [-0.2, 0) is 4.74 Å². The molecule has 1 aliphatic heterocycles. The summed E-state index contributed by atoms with van der Waals surface area (Å²) in [6.45, 7) is 3.91. The van der Waals surface area contributed by atoms with Gasteiger partial charge < -0.3 is 9.47 Å². The van der Waals surface area contributed by atoms with Crippen molar-refractivity contribution in [1.82, 2.24) is 4.90 Å². The molecule has 1 fully saturated rings. The van der Waals surface area contributed by atoms with Gasteiger partial charge in [-0.25, -0.2) is 4.39 Å². The monoisotopic (exact) mass is 270 g/mol. The van der Waals surface area contributed by atoms with Crippen LogP contribution in [0.15, 0.2) is 18.2 Å². The van der Waals surface area contributed by atoms with Crippen molar-refractivity contribution in [3.05, 3.63) is 34.1 Å². The van der Waals surface area contributed by atoms with E-state index in [9.17, 15) is 14.5 Å². The van der Waals surface area contributed by atoms with Crippen LogP contribution in [0.1, 0.15) is 0 Å². The average molecular weight is 270 g/mol. The molecule has 1 aromatic rings. The van der Waals surface area contributed by atoms with Crippen molar-refractivity contribution in [2.75, 3.05) is 39.5 Å². The van der Waals surface area contributed by atoms with E-state index in [0.29, 0.717) is 19.8 Å². The van der Waals surface area contributed by atoms with E-state index in [4.69, 9.17) is 9.47 Å². The van der Waals surface area contributed by atoms with E-state index < -0.39 is 10.7 Å². The van der Waals surface area contributed by atoms with Gasteiger partial charge in [0.25, 0.3) is 0 Å². The lowest BCUT2D eigenvalue weighted by molar-refractivity contribution is -0.385. The Balaban J connectivity index is 1.91. The summed E-state index contributed by atoms with van der Waals surface area (Å²) in [5, 5.41) is 10.8. The van der Waals surface area contributed by atoms with Gasteiger partial charge in [0.1, 0.15) is 12.4 Å². The van der Waals surface area contributed by atoms with Gasteiger partial charge in [-0.2, -0.15) is 0 Å². The first-order valence-corrected chi connectivity index (χ1v) is 6.03. The lowest BCUT2D eigenvalue weighted by Crippen LogP contribution is -2.38. The molecule has 0 aromatic heterocycles. The number of morpholine rings is 1. The molecule has 19 heavy (non-hydrogen) atoms. The highest BCUT2D eigenvalue weighted by atomic mass is 19.1. The predicted molar refractivity (Wildman–Crippen MR) is 65.8 cm³/mol. The van der Waals surface area contributed by atoms with Gasteiger partial charge in [0, 0.05) is 31.8 Å². The van der Waals surface area contributed by atoms with Crippen LogP contribution in [0.4, 0.5) is 10.1 Å². The van der Waals surface area contributed by atoms with Gasteiger partial charge in [-0.1, -0.05) is 0 Å². The molecule has 0 aliphatic carbocycles. The smallest absolute Gasteiger partial charge is 0.311 e. The van der Waals surface area contributed by atoms with Gasteiger partial charge in [0.15, 0.2) is 5.75 Å². The summed E-state index contributed by atoms with van der Waals surface area (Å²) in [6, 6.07) is 3.20. The molecule has 1 saturated heterocycles. The largest absolute Gasteiger partial charge is 0.485 e. The zero-order valence-corrected chi connectivity index (χ0v) is 10.4. The van der Waals surface area contributed by atoms with Crippen LogP contribution in [0.2, 0.25) is 0 Å². The molecule has 0 atom stereocenters. The van der Waals surface area contributed by atoms with E-state index in [1.165, 1.54) is 0 Å². The van der Waals surface area contributed by atoms with E-state index in [1.807, 2.05) is 0 Å². The van der Waals surface area contributed by atoms with Crippen LogP contribution in [0.3, 0.4) is 0 Å². The molecule has 0 N–H and O–H groups in total. The second kappa shape index (κ2) is 6.44. The molecule has 0 saturated carbocycles. The minimum absolute atomic E-state index is 0.0294. The fraction of sp³-hybridized carbons (Fsp3) is 0.500. The highest BCUT2D eigenvalue weighted by molar-refractivity contribution is 5.46. The van der Waals surface area contributed by atoms with Crippen molar-refractivity contribution in [2.45, 2.75) is 0 Å². The number of nitro groups is 1. The molecule has 0 radical (unpaired) electrons. The maximum Gasteiger partial charge on any atom is 0.311 e. The third kappa shape index (κ3) is 3.87. The molecule has 2 rings (SSSR count). The highest BCUT2D eigenvalue weighted by Crippen LogP contribution is 2.27. The Bertz CT molecular complexity index is 449. The van der Waals surface area contributed by atoms with Crippen LogP contribution < -0.4 is 4.74 Å². The Morgan fingerprint density at radius 3 is 2.84 bits per heavy atom. The summed E-state index contributed by atoms with van der Waals surface area (Å²) in [7, 11) is 0. The number of hydrogen-bond donors (Lipinski definition) is 0. The standard InChI is InChI=1S/C12H15FN2O4/c13-10-1-2-11(15(16)17)12(9-10)19-8-5-14-3-6-18-7-4-14/h1-2,9H,3-8H2. The molecule has 0 amide bonds. The van der Waals surface area contributed by atoms with E-state index in [1.54, 1.807) is 0 Å². The number of rotatable bonds is 5. The molecule has 7 heteroatoms. The van der Waals surface area contributed by atoms with Crippen molar-refractivity contribution in [1.29, 1.82) is 0 Å². The lowest BCUT2D eigenvalue weighted by Gasteiger charge is -2.26. The van der Waals surface area contributed by atoms with Gasteiger partial charge in [0.2, 0.25) is 0 Å². The van der Waals surface area contributed by atoms with E-state index >= 15 is 0 Å². The summed E-state index contributed by atoms with van der Waals surface area (Å²) < 4.78 is 23.6. The Hall–Kier alpha value is -1.73. The first-order valence-electron chi connectivity index (χ1n) is 6.03. The number of nitro benzene ring substituents is 1. The number of benzene rings is 1. The number of halogens is 1. The van der Waals surface area contributed by atoms with Gasteiger partial charge in [-0.3, -0.25) is 15.0 Å². The molecular formula is C12H15FN2O4. The molecule has 0 spiro atoms. The topological polar surface area (TPSA) is 64.8 Å². The summed E-state index contributed by atoms with van der Waals surface area (Å²) in [6.07, 6.45) is 0. The fourth-order valence-electron chi connectivity index (χ4n) is 1.86. The number of hydrogen-bond acceptors (Lipinski definition) is 5. The molecule has 104 valence electrons. The first kappa shape index (κ1) is 13.7. The lowest BCUT2D eigenvalue weighted by atomic mass is 10.3. The predicted octanol–water partition coefficient (Wildman–Crippen LogP) is 1.44. The Kier molecular flexibility index (Phi) is 4.64. The fourth-order valence-corrected chi connectivity index (χ4v) is 1.86.